The fourth-order valence-corrected chi connectivity index (χ4v) is 4.50. The number of rotatable bonds is 2. The normalized spacial score (nSPS) is 37.1. The van der Waals surface area contributed by atoms with Gasteiger partial charge in [-0.2, -0.15) is 0 Å². The number of allylic oxidation sites excluding steroid dienone is 1. The number of hydrogen-bond donors (Lipinski definition) is 0. The van der Waals surface area contributed by atoms with E-state index in [1.807, 2.05) is 12.4 Å². The van der Waals surface area contributed by atoms with Crippen LogP contribution in [0.15, 0.2) is 48.3 Å². The molecule has 0 bridgehead atoms. The molecule has 3 fully saturated rings. The third-order valence-electron chi connectivity index (χ3n) is 5.58. The number of benzene rings is 1. The van der Waals surface area contributed by atoms with Crippen LogP contribution in [-0.2, 0) is 27.1 Å². The van der Waals surface area contributed by atoms with Crippen molar-refractivity contribution in [3.05, 3.63) is 65.3 Å². The SMILES string of the molecule is C1=C2C3(OC23c2nccn2C2CCCO2)c2ccccc2C1. The van der Waals surface area contributed by atoms with Crippen LogP contribution in [-0.4, -0.2) is 16.2 Å². The van der Waals surface area contributed by atoms with E-state index in [0.717, 1.165) is 31.7 Å². The Hall–Kier alpha value is -1.91. The van der Waals surface area contributed by atoms with E-state index in [4.69, 9.17) is 9.47 Å². The van der Waals surface area contributed by atoms with E-state index in [1.165, 1.54) is 16.7 Å². The molecular formula is C18H16N2O2. The molecule has 1 aromatic heterocycles. The average molecular weight is 292 g/mol. The van der Waals surface area contributed by atoms with Crippen LogP contribution in [0.4, 0.5) is 0 Å². The van der Waals surface area contributed by atoms with E-state index in [0.29, 0.717) is 0 Å². The molecule has 1 saturated carbocycles. The molecule has 0 amide bonds. The van der Waals surface area contributed by atoms with Gasteiger partial charge >= 0.3 is 0 Å². The minimum absolute atomic E-state index is 0.117. The molecule has 4 aliphatic rings. The monoisotopic (exact) mass is 292 g/mol. The largest absolute Gasteiger partial charge is 0.358 e. The number of hydrogen-bond acceptors (Lipinski definition) is 3. The van der Waals surface area contributed by atoms with Gasteiger partial charge in [0, 0.05) is 24.6 Å². The molecule has 2 aliphatic carbocycles. The van der Waals surface area contributed by atoms with E-state index >= 15 is 0 Å². The van der Waals surface area contributed by atoms with E-state index < -0.39 is 0 Å². The van der Waals surface area contributed by atoms with Gasteiger partial charge < -0.3 is 14.0 Å². The number of imidazole rings is 1. The van der Waals surface area contributed by atoms with Gasteiger partial charge in [-0.15, -0.1) is 0 Å². The molecule has 3 heterocycles. The smallest absolute Gasteiger partial charge is 0.189 e. The molecule has 3 atom stereocenters. The van der Waals surface area contributed by atoms with Crippen molar-refractivity contribution in [3.8, 4) is 0 Å². The number of ether oxygens (including phenoxy) is 2. The lowest BCUT2D eigenvalue weighted by molar-refractivity contribution is 0.0513. The highest BCUT2D eigenvalue weighted by Crippen LogP contribution is 2.87. The molecule has 22 heavy (non-hydrogen) atoms. The molecule has 2 aliphatic heterocycles. The minimum Gasteiger partial charge on any atom is -0.358 e. The minimum atomic E-state index is -0.310. The summed E-state index contributed by atoms with van der Waals surface area (Å²) in [5, 5.41) is 0. The van der Waals surface area contributed by atoms with Gasteiger partial charge in [-0.05, 0) is 30.4 Å². The highest BCUT2D eigenvalue weighted by Gasteiger charge is 2.95. The Morgan fingerprint density at radius 1 is 1.23 bits per heavy atom. The summed E-state index contributed by atoms with van der Waals surface area (Å²) in [6, 6.07) is 8.62. The summed E-state index contributed by atoms with van der Waals surface area (Å²) >= 11 is 0. The molecule has 1 aromatic carbocycles. The maximum Gasteiger partial charge on any atom is 0.189 e. The standard InChI is InChI=1S/C18H16N2O2/c1-2-5-13-12(4-1)7-8-14-17(13)18(14,22-17)16-19-9-10-20(16)15-6-3-11-21-15/h1-2,4-5,8-10,15H,3,6-7,11H2. The summed E-state index contributed by atoms with van der Waals surface area (Å²) < 4.78 is 14.3. The molecule has 4 nitrogen and oxygen atoms in total. The van der Waals surface area contributed by atoms with Gasteiger partial charge in [0.1, 0.15) is 6.23 Å². The van der Waals surface area contributed by atoms with Crippen LogP contribution in [0.5, 0.6) is 0 Å². The van der Waals surface area contributed by atoms with Gasteiger partial charge in [-0.1, -0.05) is 30.3 Å². The van der Waals surface area contributed by atoms with Crippen LogP contribution in [0, 0.1) is 0 Å². The number of aromatic nitrogens is 2. The van der Waals surface area contributed by atoms with Gasteiger partial charge in [0.25, 0.3) is 0 Å². The van der Waals surface area contributed by atoms with Crippen LogP contribution in [0.2, 0.25) is 0 Å². The molecule has 2 saturated heterocycles. The summed E-state index contributed by atoms with van der Waals surface area (Å²) in [5.41, 5.74) is 3.57. The molecule has 0 radical (unpaired) electrons. The summed E-state index contributed by atoms with van der Waals surface area (Å²) in [5.74, 6) is 1.02. The summed E-state index contributed by atoms with van der Waals surface area (Å²) in [4.78, 5) is 4.65. The zero-order chi connectivity index (χ0) is 14.4. The Morgan fingerprint density at radius 3 is 3.09 bits per heavy atom. The number of nitrogens with zero attached hydrogens (tertiary/aromatic N) is 2. The highest BCUT2D eigenvalue weighted by molar-refractivity contribution is 5.73. The van der Waals surface area contributed by atoms with Crippen LogP contribution in [0.3, 0.4) is 0 Å². The van der Waals surface area contributed by atoms with Crippen LogP contribution in [0.25, 0.3) is 0 Å². The third kappa shape index (κ3) is 1.08. The fraction of sp³-hybridized carbons (Fsp3) is 0.389. The lowest BCUT2D eigenvalue weighted by Crippen LogP contribution is -2.14. The second kappa shape index (κ2) is 3.53. The second-order valence-corrected chi connectivity index (χ2v) is 6.57. The highest BCUT2D eigenvalue weighted by atomic mass is 16.7. The predicted molar refractivity (Wildman–Crippen MR) is 79.1 cm³/mol. The third-order valence-corrected chi connectivity index (χ3v) is 5.58. The summed E-state index contributed by atoms with van der Waals surface area (Å²) in [6.07, 6.45) is 9.53. The first-order chi connectivity index (χ1) is 10.9. The topological polar surface area (TPSA) is 39.6 Å². The van der Waals surface area contributed by atoms with Crippen molar-refractivity contribution in [2.45, 2.75) is 36.7 Å². The molecule has 1 spiro atoms. The van der Waals surface area contributed by atoms with Crippen molar-refractivity contribution in [2.75, 3.05) is 6.61 Å². The fourth-order valence-electron chi connectivity index (χ4n) is 4.50. The van der Waals surface area contributed by atoms with Crippen LogP contribution < -0.4 is 0 Å². The molecule has 110 valence electrons. The Labute approximate surface area is 128 Å². The van der Waals surface area contributed by atoms with Crippen molar-refractivity contribution >= 4 is 0 Å². The molecule has 4 heteroatoms. The second-order valence-electron chi connectivity index (χ2n) is 6.57. The zero-order valence-corrected chi connectivity index (χ0v) is 12.2. The number of fused-ring (bicyclic) bond motifs is 2. The van der Waals surface area contributed by atoms with Crippen LogP contribution in [0.1, 0.15) is 36.0 Å². The van der Waals surface area contributed by atoms with Gasteiger partial charge in [0.05, 0.1) is 0 Å². The maximum absolute atomic E-state index is 6.25. The Balaban J connectivity index is 1.49. The van der Waals surface area contributed by atoms with Crippen molar-refractivity contribution in [1.82, 2.24) is 9.55 Å². The first-order valence-corrected chi connectivity index (χ1v) is 8.02. The first kappa shape index (κ1) is 11.6. The van der Waals surface area contributed by atoms with Crippen molar-refractivity contribution < 1.29 is 9.47 Å². The lowest BCUT2D eigenvalue weighted by atomic mass is 9.95. The molecule has 6 rings (SSSR count). The summed E-state index contributed by atoms with van der Waals surface area (Å²) in [6.45, 7) is 0.840. The van der Waals surface area contributed by atoms with Gasteiger partial charge in [-0.25, -0.2) is 4.98 Å². The molecule has 2 aromatic rings. The lowest BCUT2D eigenvalue weighted by Gasteiger charge is -2.16. The van der Waals surface area contributed by atoms with Crippen molar-refractivity contribution in [3.63, 3.8) is 0 Å². The predicted octanol–water partition coefficient (Wildman–Crippen LogP) is 2.81. The van der Waals surface area contributed by atoms with Gasteiger partial charge in [-0.3, -0.25) is 0 Å². The zero-order valence-electron chi connectivity index (χ0n) is 12.2. The van der Waals surface area contributed by atoms with E-state index in [2.05, 4.69) is 39.9 Å². The van der Waals surface area contributed by atoms with E-state index in [9.17, 15) is 0 Å². The quantitative estimate of drug-likeness (QED) is 0.631. The molecule has 0 N–H and O–H groups in total. The molecule has 3 unspecified atom stereocenters. The van der Waals surface area contributed by atoms with Crippen LogP contribution >= 0.6 is 0 Å². The van der Waals surface area contributed by atoms with Crippen molar-refractivity contribution in [2.24, 2.45) is 0 Å². The molecular weight excluding hydrogens is 276 g/mol. The van der Waals surface area contributed by atoms with Gasteiger partial charge in [0.15, 0.2) is 17.0 Å². The maximum atomic E-state index is 6.25. The Bertz CT molecular complexity index is 833. The van der Waals surface area contributed by atoms with Gasteiger partial charge in [0.2, 0.25) is 0 Å². The Morgan fingerprint density at radius 2 is 2.18 bits per heavy atom. The Kier molecular flexibility index (Phi) is 1.86. The van der Waals surface area contributed by atoms with Crippen molar-refractivity contribution in [1.29, 1.82) is 0 Å². The first-order valence-electron chi connectivity index (χ1n) is 8.02. The number of epoxide rings is 1. The van der Waals surface area contributed by atoms with E-state index in [-0.39, 0.29) is 17.4 Å². The van der Waals surface area contributed by atoms with E-state index in [1.54, 1.807) is 0 Å². The average Bonchev–Trinajstić information content (AvgIpc) is 3.10. The summed E-state index contributed by atoms with van der Waals surface area (Å²) in [7, 11) is 0.